The maximum absolute atomic E-state index is 14.0. The van der Waals surface area contributed by atoms with Crippen LogP contribution in [-0.2, 0) is 83.3 Å². The van der Waals surface area contributed by atoms with Gasteiger partial charge in [0.15, 0.2) is 22.6 Å². The van der Waals surface area contributed by atoms with E-state index < -0.39 is 17.5 Å². The second-order valence-electron chi connectivity index (χ2n) is 33.3. The van der Waals surface area contributed by atoms with E-state index in [4.69, 9.17) is 15.0 Å². The summed E-state index contributed by atoms with van der Waals surface area (Å²) in [5, 5.41) is 41.3. The maximum Gasteiger partial charge on any atom is 0.254 e. The second-order valence-corrected chi connectivity index (χ2v) is 33.3. The van der Waals surface area contributed by atoms with Crippen LogP contribution in [0.3, 0.4) is 0 Å². The zero-order valence-electron chi connectivity index (χ0n) is 68.6. The lowest BCUT2D eigenvalue weighted by Crippen LogP contribution is -2.19. The smallest absolute Gasteiger partial charge is 0.254 e. The van der Waals surface area contributed by atoms with E-state index in [0.717, 1.165) is 159 Å². The molecular formula is C94H92F2N20O8. The van der Waals surface area contributed by atoms with E-state index in [1.165, 1.54) is 52.4 Å². The number of aryl methyl sites for hydroxylation is 5. The first-order chi connectivity index (χ1) is 60.3. The minimum absolute atomic E-state index is 0.00953. The Labute approximate surface area is 711 Å². The lowest BCUT2D eigenvalue weighted by atomic mass is 9.80. The monoisotopic (exact) mass is 1670 g/mol. The number of hydrogen-bond donors (Lipinski definition) is 8. The predicted octanol–water partition coefficient (Wildman–Crippen LogP) is 12.5. The van der Waals surface area contributed by atoms with Gasteiger partial charge in [0.2, 0.25) is 23.6 Å². The van der Waals surface area contributed by atoms with Crippen molar-refractivity contribution < 1.29 is 47.1 Å². The molecule has 0 radical (unpaired) electrons. The van der Waals surface area contributed by atoms with Crippen LogP contribution in [0.5, 0.6) is 0 Å². The van der Waals surface area contributed by atoms with Crippen LogP contribution in [0, 0.1) is 18.6 Å². The molecule has 5 aliphatic carbocycles. The molecule has 21 rings (SSSR count). The molecule has 8 N–H and O–H groups in total. The van der Waals surface area contributed by atoms with Crippen LogP contribution >= 0.6 is 0 Å². The minimum Gasteiger partial charge on any atom is -0.367 e. The number of benzene rings is 4. The molecule has 28 nitrogen and oxygen atoms in total. The molecule has 0 spiro atoms. The first-order valence-corrected chi connectivity index (χ1v) is 42.6. The Hall–Kier alpha value is -14.1. The number of aromatic nitrogens is 12. The van der Waals surface area contributed by atoms with Crippen LogP contribution in [0.15, 0.2) is 168 Å². The highest BCUT2D eigenvalue weighted by molar-refractivity contribution is 6.18. The SMILES string of the molecule is CCC(Cc1cc(NC2CC2)n2ncc(/C=C3\CC(=O)NC3=O)c2n1)c1ccccc1.Cc1cccc(CCc2cc(NC3CC3)n3ncc(/C=C4\CC(=O)NC4=O)c3n2)c1.O=C1C/C(=C\c2cnn3c(NC4CC4)cc(CC4CCCc5ccccc54)nc23)C(=O)N1.O=C1C/C(=C\c2cnn3c(NC4CC4)cc(CCc4c(F)cccc4F)nc23)C(=O)N1. The summed E-state index contributed by atoms with van der Waals surface area (Å²) in [6, 6.07) is 41.5. The quantitative estimate of drug-likeness (QED) is 0.0206. The molecule has 30 heteroatoms. The van der Waals surface area contributed by atoms with Crippen molar-refractivity contribution in [3.05, 3.63) is 258 Å². The number of nitrogens with one attached hydrogen (secondary N) is 8. The fraction of sp³-hybridized carbons (Fsp3) is 0.319. The second kappa shape index (κ2) is 35.2. The molecule has 630 valence electrons. The number of halogens is 2. The van der Waals surface area contributed by atoms with E-state index >= 15 is 0 Å². The standard InChI is InChI=1S/C25H25N5O2.C24H25N5O2.C23H23N5O2.C22H19F2N5O2/c31-23-12-17(25(32)29-23)10-18-14-26-30-22(27-19-8-9-19)13-20(28-24(18)30)11-16-6-3-5-15-4-1-2-7-21(15)16;1-2-15(16-6-4-3-5-7-16)11-20-13-21(26-19-8-9-19)29-23(27-20)18(14-25-29)10-17-12-22(30)28-24(17)31;1-14-3-2-4-15(9-14)5-6-19-12-20(25-18-7-8-18)28-22(26-19)17(13-24-28)10-16-11-21(29)27-23(16)30;23-17-2-1-3-18(24)16(17)7-6-15-10-19(26-14-4-5-14)29-21(27-15)13(11-25-29)8-12-9-20(30)28-22(12)31/h1-2,4,7,10,13-14,16,19,27H,3,5-6,8-9,11-12H2,(H,29,31,32);3-7,10,13-15,19,26H,2,8-9,11-12H2,1H3,(H,28,30,31);2-4,9-10,12-13,18,25H,5-8,11H2,1H3,(H,27,29,30);1-3,8,10-11,14,26H,4-7,9H2,(H,28,30,31)/b2*17-10+;16-10+;12-8+. The van der Waals surface area contributed by atoms with Crippen molar-refractivity contribution in [3.63, 3.8) is 0 Å². The minimum atomic E-state index is -0.580. The molecule has 8 aromatic heterocycles. The molecule has 2 unspecified atom stereocenters. The van der Waals surface area contributed by atoms with Gasteiger partial charge in [0.1, 0.15) is 34.9 Å². The van der Waals surface area contributed by atoms with Gasteiger partial charge >= 0.3 is 0 Å². The first-order valence-electron chi connectivity index (χ1n) is 42.6. The molecule has 124 heavy (non-hydrogen) atoms. The van der Waals surface area contributed by atoms with E-state index in [9.17, 15) is 47.1 Å². The molecular weight excluding hydrogens is 1580 g/mol. The summed E-state index contributed by atoms with van der Waals surface area (Å²) in [6.07, 6.45) is 31.3. The molecule has 4 aliphatic heterocycles. The van der Waals surface area contributed by atoms with Gasteiger partial charge in [-0.1, -0.05) is 97.4 Å². The maximum atomic E-state index is 14.0. The van der Waals surface area contributed by atoms with E-state index in [1.54, 1.807) is 62.6 Å². The number of hydrogen-bond acceptors (Lipinski definition) is 20. The van der Waals surface area contributed by atoms with Crippen LogP contribution in [0.25, 0.3) is 46.9 Å². The van der Waals surface area contributed by atoms with Crippen molar-refractivity contribution in [2.45, 2.75) is 191 Å². The summed E-state index contributed by atoms with van der Waals surface area (Å²) in [7, 11) is 0. The number of imide groups is 4. The zero-order valence-corrected chi connectivity index (χ0v) is 68.6. The van der Waals surface area contributed by atoms with Gasteiger partial charge in [0.25, 0.3) is 23.6 Å². The molecule has 8 amide bonds. The van der Waals surface area contributed by atoms with Crippen molar-refractivity contribution in [1.82, 2.24) is 79.7 Å². The summed E-state index contributed by atoms with van der Waals surface area (Å²) < 4.78 is 35.1. The molecule has 4 aromatic carbocycles. The topological polar surface area (TPSA) is 354 Å². The van der Waals surface area contributed by atoms with Crippen LogP contribution in [-0.4, -0.2) is 130 Å². The highest BCUT2D eigenvalue weighted by Gasteiger charge is 2.33. The van der Waals surface area contributed by atoms with Crippen molar-refractivity contribution in [3.8, 4) is 0 Å². The number of nitrogens with zero attached hydrogens (tertiary/aromatic N) is 12. The Bertz CT molecular complexity index is 6400. The lowest BCUT2D eigenvalue weighted by molar-refractivity contribution is -0.125. The normalized spacial score (nSPS) is 18.9. The zero-order chi connectivity index (χ0) is 85.2. The Balaban J connectivity index is 0.000000113. The average Bonchev–Trinajstić information content (AvgIpc) is 1.64. The highest BCUT2D eigenvalue weighted by Crippen LogP contribution is 2.38. The Morgan fingerprint density at radius 1 is 0.427 bits per heavy atom. The largest absolute Gasteiger partial charge is 0.367 e. The van der Waals surface area contributed by atoms with Gasteiger partial charge in [0.05, 0.1) is 50.5 Å². The third kappa shape index (κ3) is 19.0. The van der Waals surface area contributed by atoms with Gasteiger partial charge in [0, 0.05) is 121 Å². The van der Waals surface area contributed by atoms with Crippen LogP contribution in [0.2, 0.25) is 0 Å². The van der Waals surface area contributed by atoms with Crippen LogP contribution in [0.4, 0.5) is 32.1 Å². The summed E-state index contributed by atoms with van der Waals surface area (Å²) in [6.45, 7) is 4.30. The van der Waals surface area contributed by atoms with E-state index in [0.29, 0.717) is 92.9 Å². The third-order valence-electron chi connectivity index (χ3n) is 23.4. The molecule has 12 aromatic rings. The third-order valence-corrected chi connectivity index (χ3v) is 23.4. The lowest BCUT2D eigenvalue weighted by Gasteiger charge is -2.25. The Morgan fingerprint density at radius 3 is 1.23 bits per heavy atom. The van der Waals surface area contributed by atoms with Crippen LogP contribution < -0.4 is 42.5 Å². The van der Waals surface area contributed by atoms with Gasteiger partial charge in [-0.2, -0.15) is 38.5 Å². The number of rotatable bonds is 24. The first kappa shape index (κ1) is 81.0. The van der Waals surface area contributed by atoms with E-state index in [-0.39, 0.29) is 79.0 Å². The number of carbonyl (C=O) groups excluding carboxylic acids is 8. The van der Waals surface area contributed by atoms with Crippen molar-refractivity contribution in [1.29, 1.82) is 0 Å². The number of carbonyl (C=O) groups is 8. The molecule has 2 atom stereocenters. The summed E-state index contributed by atoms with van der Waals surface area (Å²) >= 11 is 0. The van der Waals surface area contributed by atoms with Crippen molar-refractivity contribution in [2.24, 2.45) is 0 Å². The molecule has 4 saturated heterocycles. The Kier molecular flexibility index (Phi) is 23.0. The number of anilines is 4. The van der Waals surface area contributed by atoms with Crippen molar-refractivity contribution >= 4 is 117 Å². The molecule has 8 fully saturated rings. The van der Waals surface area contributed by atoms with Crippen LogP contribution in [0.1, 0.15) is 193 Å². The average molecular weight is 1670 g/mol. The van der Waals surface area contributed by atoms with E-state index in [2.05, 4.69) is 173 Å². The van der Waals surface area contributed by atoms with Gasteiger partial charge in [-0.25, -0.2) is 28.7 Å². The van der Waals surface area contributed by atoms with Crippen molar-refractivity contribution in [2.75, 3.05) is 21.3 Å². The van der Waals surface area contributed by atoms with Gasteiger partial charge in [-0.3, -0.25) is 59.6 Å². The summed E-state index contributed by atoms with van der Waals surface area (Å²) in [5.74, 6) is 0.569. The number of amides is 8. The number of fused-ring (bicyclic) bond motifs is 5. The summed E-state index contributed by atoms with van der Waals surface area (Å²) in [4.78, 5) is 114. The Morgan fingerprint density at radius 2 is 0.815 bits per heavy atom. The molecule has 12 heterocycles. The van der Waals surface area contributed by atoms with E-state index in [1.807, 2.05) is 16.6 Å². The molecule has 9 aliphatic rings. The molecule has 4 saturated carbocycles. The van der Waals surface area contributed by atoms with Gasteiger partial charge in [-0.05, 0) is 193 Å². The van der Waals surface area contributed by atoms with Gasteiger partial charge in [-0.15, -0.1) is 0 Å². The fourth-order valence-corrected chi connectivity index (χ4v) is 16.3. The summed E-state index contributed by atoms with van der Waals surface area (Å²) in [5.41, 5.74) is 17.5. The predicted molar refractivity (Wildman–Crippen MR) is 463 cm³/mol. The van der Waals surface area contributed by atoms with Gasteiger partial charge < -0.3 is 21.3 Å². The highest BCUT2D eigenvalue weighted by atomic mass is 19.1. The molecule has 0 bridgehead atoms. The fourth-order valence-electron chi connectivity index (χ4n) is 16.3.